The lowest BCUT2D eigenvalue weighted by atomic mass is 9.99. The molecule has 0 aliphatic heterocycles. The van der Waals surface area contributed by atoms with Gasteiger partial charge in [-0.05, 0) is 20.3 Å². The highest BCUT2D eigenvalue weighted by molar-refractivity contribution is 7.39. The predicted molar refractivity (Wildman–Crippen MR) is 106 cm³/mol. The molecule has 0 unspecified atom stereocenters. The molecule has 0 aromatic rings. The van der Waals surface area contributed by atoms with Crippen LogP contribution < -0.4 is 0 Å². The third-order valence-electron chi connectivity index (χ3n) is 4.71. The first-order valence-corrected chi connectivity index (χ1v) is 11.5. The summed E-state index contributed by atoms with van der Waals surface area (Å²) in [4.78, 5) is 17.8. The van der Waals surface area contributed by atoms with Gasteiger partial charge in [-0.1, -0.05) is 103 Å². The zero-order valence-electron chi connectivity index (χ0n) is 16.6. The summed E-state index contributed by atoms with van der Waals surface area (Å²) in [6, 6.07) is 0. The summed E-state index contributed by atoms with van der Waals surface area (Å²) in [6.07, 6.45) is 21.4. The number of rotatable bonds is 18. The van der Waals surface area contributed by atoms with Crippen molar-refractivity contribution in [2.75, 3.05) is 0 Å². The summed E-state index contributed by atoms with van der Waals surface area (Å²) < 4.78 is 5.13. The molecule has 0 amide bonds. The molecule has 2 N–H and O–H groups in total. The molecule has 0 aromatic heterocycles. The lowest BCUT2D eigenvalue weighted by Gasteiger charge is -2.24. The van der Waals surface area contributed by atoms with Crippen LogP contribution in [-0.4, -0.2) is 15.4 Å². The van der Waals surface area contributed by atoms with Gasteiger partial charge in [0.15, 0.2) is 0 Å². The largest absolute Gasteiger partial charge is 0.328 e. The Hall–Kier alpha value is 0.310. The Kier molecular flexibility index (Phi) is 17.0. The maximum absolute atomic E-state index is 8.91. The van der Waals surface area contributed by atoms with Crippen LogP contribution in [0, 0.1) is 0 Å². The van der Waals surface area contributed by atoms with E-state index in [1.165, 1.54) is 89.9 Å². The first-order chi connectivity index (χ1) is 11.5. The third kappa shape index (κ3) is 18.6. The summed E-state index contributed by atoms with van der Waals surface area (Å²) in [5.41, 5.74) is -0.411. The van der Waals surface area contributed by atoms with Gasteiger partial charge in [-0.2, -0.15) is 0 Å². The van der Waals surface area contributed by atoms with Crippen LogP contribution in [0.5, 0.6) is 0 Å². The van der Waals surface area contributed by atoms with E-state index in [0.717, 1.165) is 12.8 Å². The Labute approximate surface area is 152 Å². The Bertz CT molecular complexity index is 257. The van der Waals surface area contributed by atoms with Gasteiger partial charge in [0.1, 0.15) is 0 Å². The minimum absolute atomic E-state index is 0.411. The average molecular weight is 363 g/mol. The molecular weight excluding hydrogens is 319 g/mol. The fraction of sp³-hybridized carbons (Fsp3) is 1.00. The van der Waals surface area contributed by atoms with Crippen molar-refractivity contribution in [1.82, 2.24) is 0 Å². The van der Waals surface area contributed by atoms with Crippen LogP contribution in [-0.2, 0) is 4.52 Å². The van der Waals surface area contributed by atoms with E-state index in [2.05, 4.69) is 6.92 Å². The van der Waals surface area contributed by atoms with Crippen LogP contribution in [0.25, 0.3) is 0 Å². The Morgan fingerprint density at radius 3 is 1.29 bits per heavy atom. The van der Waals surface area contributed by atoms with Gasteiger partial charge in [-0.3, -0.25) is 0 Å². The molecule has 0 rings (SSSR count). The van der Waals surface area contributed by atoms with Gasteiger partial charge in [0.2, 0.25) is 0 Å². The topological polar surface area (TPSA) is 49.7 Å². The van der Waals surface area contributed by atoms with E-state index in [1.807, 2.05) is 13.8 Å². The van der Waals surface area contributed by atoms with E-state index in [-0.39, 0.29) is 0 Å². The molecule has 0 aromatic carbocycles. The van der Waals surface area contributed by atoms with E-state index in [9.17, 15) is 0 Å². The molecule has 0 saturated carbocycles. The lowest BCUT2D eigenvalue weighted by molar-refractivity contribution is 0.0791. The molecule has 4 heteroatoms. The molecule has 0 spiro atoms. The molecule has 0 saturated heterocycles. The smallest absolute Gasteiger partial charge is 0.327 e. The molecule has 0 bridgehead atoms. The van der Waals surface area contributed by atoms with Crippen molar-refractivity contribution in [2.45, 2.75) is 129 Å². The molecule has 0 atom stereocenters. The van der Waals surface area contributed by atoms with Crippen LogP contribution in [0.2, 0.25) is 0 Å². The summed E-state index contributed by atoms with van der Waals surface area (Å²) in [7, 11) is -2.23. The zero-order chi connectivity index (χ0) is 18.1. The third-order valence-corrected chi connectivity index (χ3v) is 5.37. The van der Waals surface area contributed by atoms with E-state index < -0.39 is 14.2 Å². The maximum atomic E-state index is 8.91. The molecular formula is C20H43O3P. The Morgan fingerprint density at radius 2 is 0.958 bits per heavy atom. The van der Waals surface area contributed by atoms with E-state index in [4.69, 9.17) is 14.3 Å². The summed E-state index contributed by atoms with van der Waals surface area (Å²) in [6.45, 7) is 6.13. The first-order valence-electron chi connectivity index (χ1n) is 10.3. The molecule has 0 heterocycles. The minimum Gasteiger partial charge on any atom is -0.328 e. The van der Waals surface area contributed by atoms with Crippen molar-refractivity contribution in [3.63, 3.8) is 0 Å². The lowest BCUT2D eigenvalue weighted by Crippen LogP contribution is -2.21. The quantitative estimate of drug-likeness (QED) is 0.199. The number of hydrogen-bond acceptors (Lipinski definition) is 3. The van der Waals surface area contributed by atoms with Crippen molar-refractivity contribution in [3.05, 3.63) is 0 Å². The zero-order valence-corrected chi connectivity index (χ0v) is 17.5. The van der Waals surface area contributed by atoms with Crippen LogP contribution in [0.3, 0.4) is 0 Å². The molecule has 3 nitrogen and oxygen atoms in total. The minimum atomic E-state index is -2.23. The van der Waals surface area contributed by atoms with Gasteiger partial charge < -0.3 is 14.3 Å². The van der Waals surface area contributed by atoms with Crippen molar-refractivity contribution in [3.8, 4) is 0 Å². The normalized spacial score (nSPS) is 12.2. The summed E-state index contributed by atoms with van der Waals surface area (Å²) in [5.74, 6) is 0. The van der Waals surface area contributed by atoms with Gasteiger partial charge >= 0.3 is 8.60 Å². The second-order valence-electron chi connectivity index (χ2n) is 7.80. The average Bonchev–Trinajstić information content (AvgIpc) is 2.49. The van der Waals surface area contributed by atoms with E-state index in [1.54, 1.807) is 0 Å². The van der Waals surface area contributed by atoms with Gasteiger partial charge in [0, 0.05) is 0 Å². The van der Waals surface area contributed by atoms with Crippen LogP contribution in [0.1, 0.15) is 124 Å². The Balaban J connectivity index is 3.18. The highest BCUT2D eigenvalue weighted by atomic mass is 31.2. The monoisotopic (exact) mass is 362 g/mol. The van der Waals surface area contributed by atoms with Crippen molar-refractivity contribution in [1.29, 1.82) is 0 Å². The fourth-order valence-corrected chi connectivity index (χ4v) is 3.72. The van der Waals surface area contributed by atoms with Crippen molar-refractivity contribution >= 4 is 8.60 Å². The number of hydrogen-bond donors (Lipinski definition) is 2. The molecule has 0 aliphatic carbocycles. The van der Waals surface area contributed by atoms with Gasteiger partial charge in [0.25, 0.3) is 0 Å². The van der Waals surface area contributed by atoms with Crippen LogP contribution in [0.15, 0.2) is 0 Å². The second kappa shape index (κ2) is 16.8. The van der Waals surface area contributed by atoms with Gasteiger partial charge in [-0.25, -0.2) is 0 Å². The van der Waals surface area contributed by atoms with Crippen molar-refractivity contribution in [2.24, 2.45) is 0 Å². The maximum Gasteiger partial charge on any atom is 0.327 e. The molecule has 24 heavy (non-hydrogen) atoms. The highest BCUT2D eigenvalue weighted by Gasteiger charge is 2.21. The molecule has 0 fully saturated rings. The second-order valence-corrected chi connectivity index (χ2v) is 8.49. The molecule has 146 valence electrons. The SMILES string of the molecule is CCCCCCCCCCCCCCCCCC(C)(C)OP(O)O. The van der Waals surface area contributed by atoms with E-state index in [0.29, 0.717) is 0 Å². The molecule has 0 radical (unpaired) electrons. The summed E-state index contributed by atoms with van der Waals surface area (Å²) in [5, 5.41) is 0. The fourth-order valence-electron chi connectivity index (χ4n) is 3.19. The number of unbranched alkanes of at least 4 members (excludes halogenated alkanes) is 14. The first kappa shape index (κ1) is 24.3. The van der Waals surface area contributed by atoms with Gasteiger partial charge in [-0.15, -0.1) is 0 Å². The standard InChI is InChI=1S/C20H43O3P/c1-4-5-6-7-8-9-10-11-12-13-14-15-16-17-18-19-20(2,3)23-24(21)22/h21-22H,4-19H2,1-3H3. The predicted octanol–water partition coefficient (Wildman–Crippen LogP) is 7.25. The van der Waals surface area contributed by atoms with Crippen molar-refractivity contribution < 1.29 is 14.3 Å². The van der Waals surface area contributed by atoms with E-state index >= 15 is 0 Å². The Morgan fingerprint density at radius 1 is 0.625 bits per heavy atom. The highest BCUT2D eigenvalue weighted by Crippen LogP contribution is 2.35. The summed E-state index contributed by atoms with van der Waals surface area (Å²) >= 11 is 0. The van der Waals surface area contributed by atoms with Crippen LogP contribution >= 0.6 is 8.60 Å². The van der Waals surface area contributed by atoms with Crippen LogP contribution in [0.4, 0.5) is 0 Å². The molecule has 0 aliphatic rings. The van der Waals surface area contributed by atoms with Gasteiger partial charge in [0.05, 0.1) is 5.60 Å².